The molecule has 1 aromatic rings. The van der Waals surface area contributed by atoms with Crippen LogP contribution in [0.2, 0.25) is 5.32 Å². The van der Waals surface area contributed by atoms with Crippen molar-refractivity contribution in [2.24, 2.45) is 0 Å². The molecule has 0 bridgehead atoms. The number of hydrogen-bond acceptors (Lipinski definition) is 1. The maximum absolute atomic E-state index is 2.31. The summed E-state index contributed by atoms with van der Waals surface area (Å²) in [5.41, 5.74) is 4.34. The van der Waals surface area contributed by atoms with Gasteiger partial charge in [0.1, 0.15) is 0 Å². The van der Waals surface area contributed by atoms with Crippen LogP contribution in [0.3, 0.4) is 0 Å². The van der Waals surface area contributed by atoms with Crippen LogP contribution in [-0.4, -0.2) is 40.5 Å². The minimum absolute atomic E-state index is 0.631. The quantitative estimate of drug-likeness (QED) is 0.756. The van der Waals surface area contributed by atoms with E-state index in [1.165, 1.54) is 28.6 Å². The van der Waals surface area contributed by atoms with E-state index in [1.54, 1.807) is 4.46 Å². The summed E-state index contributed by atoms with van der Waals surface area (Å²) < 4.78 is 1.61. The molecule has 0 amide bonds. The van der Waals surface area contributed by atoms with Crippen molar-refractivity contribution in [1.82, 2.24) is 4.90 Å². The van der Waals surface area contributed by atoms with Crippen LogP contribution in [0.4, 0.5) is 0 Å². The van der Waals surface area contributed by atoms with Gasteiger partial charge in [0.05, 0.1) is 0 Å². The van der Waals surface area contributed by atoms with Crippen molar-refractivity contribution in [3.8, 4) is 0 Å². The fourth-order valence-electron chi connectivity index (χ4n) is 1.72. The van der Waals surface area contributed by atoms with Crippen LogP contribution in [0.25, 0.3) is 0 Å². The second-order valence-corrected chi connectivity index (χ2v) is 6.70. The van der Waals surface area contributed by atoms with Gasteiger partial charge in [-0.05, 0) is 0 Å². The zero-order valence-electron chi connectivity index (χ0n) is 10.4. The van der Waals surface area contributed by atoms with E-state index in [1.807, 2.05) is 0 Å². The summed E-state index contributed by atoms with van der Waals surface area (Å²) in [6.45, 7) is 7.86. The van der Waals surface area contributed by atoms with Gasteiger partial charge >= 0.3 is 99.9 Å². The molecule has 0 saturated heterocycles. The van der Waals surface area contributed by atoms with Gasteiger partial charge in [0.25, 0.3) is 0 Å². The molecule has 0 fully saturated rings. The third kappa shape index (κ3) is 3.98. The molecule has 0 saturated carbocycles. The Morgan fingerprint density at radius 3 is 2.07 bits per heavy atom. The van der Waals surface area contributed by atoms with Crippen molar-refractivity contribution in [3.63, 3.8) is 0 Å². The first-order valence-electron chi connectivity index (χ1n) is 5.36. The molecule has 0 heterocycles. The molecule has 0 spiro atoms. The Morgan fingerprint density at radius 1 is 1.07 bits per heavy atom. The van der Waals surface area contributed by atoms with Crippen LogP contribution >= 0.6 is 0 Å². The second-order valence-electron chi connectivity index (χ2n) is 4.38. The van der Waals surface area contributed by atoms with Gasteiger partial charge in [-0.15, -0.1) is 0 Å². The molecule has 0 radical (unpaired) electrons. The van der Waals surface area contributed by atoms with E-state index in [-0.39, 0.29) is 0 Å². The summed E-state index contributed by atoms with van der Waals surface area (Å²) in [5.74, 6) is 0. The standard InChI is InChI=1S/C13H21NSe/c1-10-8-11(2)13(12(3)9-10)15-7-6-14(4)5/h8-9H,6-7H2,1-5H3. The first-order chi connectivity index (χ1) is 7.00. The topological polar surface area (TPSA) is 3.24 Å². The van der Waals surface area contributed by atoms with Crippen molar-refractivity contribution < 1.29 is 0 Å². The van der Waals surface area contributed by atoms with Crippen molar-refractivity contribution in [2.75, 3.05) is 20.6 Å². The van der Waals surface area contributed by atoms with Gasteiger partial charge in [0.15, 0.2) is 0 Å². The molecule has 84 valence electrons. The summed E-state index contributed by atoms with van der Waals surface area (Å²) in [5, 5.41) is 1.31. The summed E-state index contributed by atoms with van der Waals surface area (Å²) in [6, 6.07) is 4.61. The van der Waals surface area contributed by atoms with Crippen LogP contribution in [0.1, 0.15) is 16.7 Å². The molecular weight excluding hydrogens is 249 g/mol. The molecule has 0 aliphatic carbocycles. The SMILES string of the molecule is Cc1cc(C)c([Se]CCN(C)C)c(C)c1. The van der Waals surface area contributed by atoms with Gasteiger partial charge < -0.3 is 0 Å². The zero-order chi connectivity index (χ0) is 11.4. The van der Waals surface area contributed by atoms with E-state index in [0.717, 1.165) is 0 Å². The van der Waals surface area contributed by atoms with E-state index < -0.39 is 0 Å². The molecule has 0 atom stereocenters. The molecule has 0 aliphatic rings. The number of rotatable bonds is 4. The van der Waals surface area contributed by atoms with Crippen LogP contribution in [0.5, 0.6) is 0 Å². The Morgan fingerprint density at radius 2 is 1.60 bits per heavy atom. The Bertz CT molecular complexity index is 308. The Hall–Kier alpha value is -0.301. The molecule has 1 aromatic carbocycles. The molecule has 0 N–H and O–H groups in total. The summed E-state index contributed by atoms with van der Waals surface area (Å²) in [7, 11) is 4.29. The first-order valence-corrected chi connectivity index (χ1v) is 7.43. The fraction of sp³-hybridized carbons (Fsp3) is 0.538. The second kappa shape index (κ2) is 5.69. The van der Waals surface area contributed by atoms with Gasteiger partial charge in [-0.2, -0.15) is 0 Å². The molecule has 15 heavy (non-hydrogen) atoms. The van der Waals surface area contributed by atoms with Crippen molar-refractivity contribution in [3.05, 3.63) is 28.8 Å². The van der Waals surface area contributed by atoms with Crippen molar-refractivity contribution >= 4 is 19.4 Å². The summed E-state index contributed by atoms with van der Waals surface area (Å²) in [6.07, 6.45) is 0. The Labute approximate surface area is 100 Å². The molecule has 0 aliphatic heterocycles. The zero-order valence-corrected chi connectivity index (χ0v) is 12.1. The van der Waals surface area contributed by atoms with E-state index >= 15 is 0 Å². The number of benzene rings is 1. The average Bonchev–Trinajstić information content (AvgIpc) is 2.08. The number of hydrogen-bond donors (Lipinski definition) is 0. The van der Waals surface area contributed by atoms with Crippen LogP contribution in [-0.2, 0) is 0 Å². The number of nitrogens with zero attached hydrogens (tertiary/aromatic N) is 1. The van der Waals surface area contributed by atoms with Crippen LogP contribution in [0, 0.1) is 20.8 Å². The predicted octanol–water partition coefficient (Wildman–Crippen LogP) is 1.92. The van der Waals surface area contributed by atoms with Crippen molar-refractivity contribution in [1.29, 1.82) is 0 Å². The molecule has 1 rings (SSSR count). The molecule has 0 unspecified atom stereocenters. The monoisotopic (exact) mass is 271 g/mol. The molecular formula is C13H21NSe. The van der Waals surface area contributed by atoms with Crippen LogP contribution < -0.4 is 4.46 Å². The third-order valence-electron chi connectivity index (χ3n) is 2.39. The van der Waals surface area contributed by atoms with E-state index in [9.17, 15) is 0 Å². The van der Waals surface area contributed by atoms with E-state index in [2.05, 4.69) is 51.9 Å². The van der Waals surface area contributed by atoms with Gasteiger partial charge in [0.2, 0.25) is 0 Å². The Kier molecular flexibility index (Phi) is 4.85. The minimum atomic E-state index is 0.631. The van der Waals surface area contributed by atoms with Crippen LogP contribution in [0.15, 0.2) is 12.1 Å². The summed E-state index contributed by atoms with van der Waals surface area (Å²) in [4.78, 5) is 2.26. The van der Waals surface area contributed by atoms with E-state index in [0.29, 0.717) is 15.0 Å². The molecule has 1 nitrogen and oxygen atoms in total. The van der Waals surface area contributed by atoms with Gasteiger partial charge in [0, 0.05) is 0 Å². The van der Waals surface area contributed by atoms with Gasteiger partial charge in [-0.25, -0.2) is 0 Å². The Balaban J connectivity index is 2.68. The van der Waals surface area contributed by atoms with E-state index in [4.69, 9.17) is 0 Å². The summed E-state index contributed by atoms with van der Waals surface area (Å²) >= 11 is 0.631. The predicted molar refractivity (Wildman–Crippen MR) is 69.4 cm³/mol. The molecule has 0 aromatic heterocycles. The average molecular weight is 270 g/mol. The van der Waals surface area contributed by atoms with Gasteiger partial charge in [-0.1, -0.05) is 0 Å². The third-order valence-corrected chi connectivity index (χ3v) is 5.16. The first kappa shape index (κ1) is 12.8. The van der Waals surface area contributed by atoms with Gasteiger partial charge in [-0.3, -0.25) is 0 Å². The fourth-order valence-corrected chi connectivity index (χ4v) is 4.31. The normalized spacial score (nSPS) is 11.1. The molecule has 2 heteroatoms. The van der Waals surface area contributed by atoms with Crippen molar-refractivity contribution in [2.45, 2.75) is 26.1 Å². The maximum atomic E-state index is 2.31. The number of aryl methyl sites for hydroxylation is 3.